The fraction of sp³-hybridized carbons (Fsp3) is 0.162. The fourth-order valence-corrected chi connectivity index (χ4v) is 6.41. The van der Waals surface area contributed by atoms with Crippen LogP contribution in [0.2, 0.25) is 0 Å². The lowest BCUT2D eigenvalue weighted by atomic mass is 9.80. The lowest BCUT2D eigenvalue weighted by molar-refractivity contribution is -0.659. The molecule has 5 aromatic carbocycles. The number of nitrogens with zero attached hydrogens (tertiary/aromatic N) is 2. The van der Waals surface area contributed by atoms with Crippen molar-refractivity contribution in [3.63, 3.8) is 0 Å². The molecule has 0 unspecified atom stereocenters. The van der Waals surface area contributed by atoms with Gasteiger partial charge >= 0.3 is 0 Å². The summed E-state index contributed by atoms with van der Waals surface area (Å²) in [6, 6.07) is 37.9. The number of aromatic nitrogens is 2. The Labute approximate surface area is 229 Å². The van der Waals surface area contributed by atoms with Gasteiger partial charge in [-0.1, -0.05) is 87.5 Å². The Hall–Kier alpha value is -4.43. The lowest BCUT2D eigenvalue weighted by Gasteiger charge is -2.24. The van der Waals surface area contributed by atoms with Crippen molar-refractivity contribution in [2.24, 2.45) is 7.05 Å². The molecule has 0 radical (unpaired) electrons. The summed E-state index contributed by atoms with van der Waals surface area (Å²) in [6.45, 7) is 9.21. The monoisotopic (exact) mass is 505 g/mol. The van der Waals surface area contributed by atoms with Gasteiger partial charge in [-0.3, -0.25) is 0 Å². The molecule has 7 aromatic rings. The Bertz CT molecular complexity index is 2020. The highest BCUT2D eigenvalue weighted by Gasteiger charge is 2.24. The summed E-state index contributed by atoms with van der Waals surface area (Å²) in [7, 11) is 2.17. The molecular formula is C37H33N2+. The van der Waals surface area contributed by atoms with Crippen molar-refractivity contribution in [1.29, 1.82) is 0 Å². The van der Waals surface area contributed by atoms with E-state index in [1.165, 1.54) is 71.4 Å². The van der Waals surface area contributed by atoms with Gasteiger partial charge in [-0.25, -0.2) is 4.57 Å². The molecule has 0 saturated heterocycles. The smallest absolute Gasteiger partial charge is 0.213 e. The number of para-hydroxylation sites is 2. The van der Waals surface area contributed by atoms with Crippen molar-refractivity contribution in [3.05, 3.63) is 120 Å². The Morgan fingerprint density at radius 1 is 0.615 bits per heavy atom. The van der Waals surface area contributed by atoms with Crippen molar-refractivity contribution in [3.8, 4) is 16.9 Å². The Kier molecular flexibility index (Phi) is 5.18. The summed E-state index contributed by atoms with van der Waals surface area (Å²) >= 11 is 0. The van der Waals surface area contributed by atoms with Gasteiger partial charge in [0.1, 0.15) is 7.05 Å². The quantitative estimate of drug-likeness (QED) is 0.207. The van der Waals surface area contributed by atoms with Gasteiger partial charge in [0.2, 0.25) is 5.69 Å². The molecule has 2 aromatic heterocycles. The minimum absolute atomic E-state index is 0.0333. The zero-order valence-corrected chi connectivity index (χ0v) is 23.3. The first-order valence-corrected chi connectivity index (χ1v) is 13.8. The SMILES string of the molecule is Cc1c(-c2cc3c(-n4c5ccccc5c5ccccc54)cccc3c[n+]2C)cc(C(C)(C)C)c2ccccc12. The number of hydrogen-bond acceptors (Lipinski definition) is 0. The molecule has 0 bridgehead atoms. The van der Waals surface area contributed by atoms with Gasteiger partial charge in [0, 0.05) is 33.2 Å². The number of pyridine rings is 1. The van der Waals surface area contributed by atoms with E-state index in [0.717, 1.165) is 0 Å². The van der Waals surface area contributed by atoms with E-state index >= 15 is 0 Å². The second kappa shape index (κ2) is 8.54. The Morgan fingerprint density at radius 2 is 1.21 bits per heavy atom. The molecule has 2 heterocycles. The van der Waals surface area contributed by atoms with Gasteiger partial charge in [-0.05, 0) is 64.6 Å². The van der Waals surface area contributed by atoms with Crippen LogP contribution in [0.25, 0.3) is 60.3 Å². The van der Waals surface area contributed by atoms with E-state index in [4.69, 9.17) is 0 Å². The second-order valence-electron chi connectivity index (χ2n) is 11.8. The standard InChI is InChI=1S/C37H33N2/c1-24-26-14-6-7-15-27(26)32(37(2,3)4)21-30(24)36-22-31-25(23-38(36)5)13-12-20-35(31)39-33-18-10-8-16-28(33)29-17-9-11-19-34(29)39/h6-23H,1-5H3/q+1. The summed E-state index contributed by atoms with van der Waals surface area (Å²) in [4.78, 5) is 0. The van der Waals surface area contributed by atoms with Gasteiger partial charge in [0.25, 0.3) is 0 Å². The molecule has 0 saturated carbocycles. The first-order valence-electron chi connectivity index (χ1n) is 13.8. The molecule has 2 nitrogen and oxygen atoms in total. The van der Waals surface area contributed by atoms with Gasteiger partial charge in [0.15, 0.2) is 6.20 Å². The van der Waals surface area contributed by atoms with Crippen LogP contribution in [0.15, 0.2) is 109 Å². The number of aryl methyl sites for hydroxylation is 2. The van der Waals surface area contributed by atoms with E-state index in [9.17, 15) is 0 Å². The third kappa shape index (κ3) is 3.59. The van der Waals surface area contributed by atoms with Crippen LogP contribution in [0.5, 0.6) is 0 Å². The third-order valence-electron chi connectivity index (χ3n) is 8.33. The van der Waals surface area contributed by atoms with E-state index in [1.54, 1.807) is 0 Å². The lowest BCUT2D eigenvalue weighted by Crippen LogP contribution is -2.31. The Balaban J connectivity index is 1.57. The first kappa shape index (κ1) is 23.7. The molecule has 0 N–H and O–H groups in total. The van der Waals surface area contributed by atoms with Crippen LogP contribution in [0.1, 0.15) is 31.9 Å². The van der Waals surface area contributed by atoms with Crippen LogP contribution in [-0.4, -0.2) is 4.57 Å². The van der Waals surface area contributed by atoms with Crippen molar-refractivity contribution in [2.75, 3.05) is 0 Å². The molecule has 190 valence electrons. The molecule has 0 amide bonds. The molecule has 0 atom stereocenters. The molecule has 39 heavy (non-hydrogen) atoms. The third-order valence-corrected chi connectivity index (χ3v) is 8.33. The van der Waals surface area contributed by atoms with E-state index in [0.29, 0.717) is 0 Å². The van der Waals surface area contributed by atoms with Crippen LogP contribution in [-0.2, 0) is 12.5 Å². The van der Waals surface area contributed by atoms with Crippen molar-refractivity contribution in [2.45, 2.75) is 33.1 Å². The van der Waals surface area contributed by atoms with Crippen LogP contribution < -0.4 is 4.57 Å². The normalized spacial score (nSPS) is 12.2. The molecule has 2 heteroatoms. The average molecular weight is 506 g/mol. The summed E-state index contributed by atoms with van der Waals surface area (Å²) in [6.07, 6.45) is 2.29. The van der Waals surface area contributed by atoms with E-state index in [-0.39, 0.29) is 5.41 Å². The first-order chi connectivity index (χ1) is 18.8. The number of hydrogen-bond donors (Lipinski definition) is 0. The maximum atomic E-state index is 2.44. The Morgan fingerprint density at radius 3 is 1.85 bits per heavy atom. The highest BCUT2D eigenvalue weighted by molar-refractivity contribution is 6.10. The predicted octanol–water partition coefficient (Wildman–Crippen LogP) is 9.19. The molecule has 0 aliphatic heterocycles. The zero-order valence-electron chi connectivity index (χ0n) is 23.3. The van der Waals surface area contributed by atoms with Gasteiger partial charge in [0.05, 0.1) is 16.7 Å². The van der Waals surface area contributed by atoms with Gasteiger partial charge in [-0.15, -0.1) is 0 Å². The fourth-order valence-electron chi connectivity index (χ4n) is 6.41. The predicted molar refractivity (Wildman–Crippen MR) is 166 cm³/mol. The highest BCUT2D eigenvalue weighted by Crippen LogP contribution is 2.39. The molecule has 0 fully saturated rings. The van der Waals surface area contributed by atoms with Crippen LogP contribution in [0, 0.1) is 6.92 Å². The molecule has 0 aliphatic rings. The minimum Gasteiger partial charge on any atom is -0.309 e. The molecule has 0 aliphatic carbocycles. The second-order valence-corrected chi connectivity index (χ2v) is 11.8. The summed E-state index contributed by atoms with van der Waals surface area (Å²) in [5, 5.41) is 7.73. The zero-order chi connectivity index (χ0) is 26.9. The van der Waals surface area contributed by atoms with Crippen LogP contribution >= 0.6 is 0 Å². The van der Waals surface area contributed by atoms with Crippen molar-refractivity contribution >= 4 is 43.4 Å². The summed E-state index contributed by atoms with van der Waals surface area (Å²) in [5.74, 6) is 0. The van der Waals surface area contributed by atoms with E-state index in [1.807, 2.05) is 0 Å². The minimum atomic E-state index is 0.0333. The molecular weight excluding hydrogens is 472 g/mol. The van der Waals surface area contributed by atoms with Crippen LogP contribution in [0.4, 0.5) is 0 Å². The molecule has 7 rings (SSSR count). The van der Waals surface area contributed by atoms with E-state index in [2.05, 4.69) is 153 Å². The van der Waals surface area contributed by atoms with Gasteiger partial charge < -0.3 is 4.57 Å². The highest BCUT2D eigenvalue weighted by atomic mass is 15.0. The number of rotatable bonds is 2. The average Bonchev–Trinajstić information content (AvgIpc) is 3.26. The topological polar surface area (TPSA) is 8.81 Å². The number of fused-ring (bicyclic) bond motifs is 5. The largest absolute Gasteiger partial charge is 0.309 e. The maximum Gasteiger partial charge on any atom is 0.213 e. The van der Waals surface area contributed by atoms with Gasteiger partial charge in [-0.2, -0.15) is 0 Å². The number of benzene rings is 5. The van der Waals surface area contributed by atoms with Crippen LogP contribution in [0.3, 0.4) is 0 Å². The molecule has 0 spiro atoms. The van der Waals surface area contributed by atoms with Crippen molar-refractivity contribution < 1.29 is 4.57 Å². The summed E-state index contributed by atoms with van der Waals surface area (Å²) < 4.78 is 4.73. The van der Waals surface area contributed by atoms with E-state index < -0.39 is 0 Å². The van der Waals surface area contributed by atoms with Crippen molar-refractivity contribution in [1.82, 2.24) is 4.57 Å². The maximum absolute atomic E-state index is 2.44. The summed E-state index contributed by atoms with van der Waals surface area (Å²) in [5.41, 5.74) is 8.94.